The molecule has 1 N–H and O–H groups in total. The SMILES string of the molecule is CCS(=O)(=O)CCC1CCCN1. The molecule has 1 saturated heterocycles. The normalized spacial score (nSPS) is 24.6. The van der Waals surface area contributed by atoms with Crippen molar-refractivity contribution in [3.05, 3.63) is 0 Å². The highest BCUT2D eigenvalue weighted by Gasteiger charge is 2.16. The fourth-order valence-electron chi connectivity index (χ4n) is 1.47. The van der Waals surface area contributed by atoms with Crippen molar-refractivity contribution in [1.29, 1.82) is 0 Å². The van der Waals surface area contributed by atoms with E-state index in [1.54, 1.807) is 6.92 Å². The number of nitrogens with one attached hydrogen (secondary N) is 1. The van der Waals surface area contributed by atoms with Crippen molar-refractivity contribution in [3.63, 3.8) is 0 Å². The second-order valence-electron chi connectivity index (χ2n) is 3.32. The summed E-state index contributed by atoms with van der Waals surface area (Å²) in [5.74, 6) is 0.626. The molecule has 1 aliphatic heterocycles. The zero-order valence-electron chi connectivity index (χ0n) is 7.54. The third-order valence-electron chi connectivity index (χ3n) is 2.38. The van der Waals surface area contributed by atoms with Gasteiger partial charge in [-0.2, -0.15) is 0 Å². The van der Waals surface area contributed by atoms with Crippen LogP contribution in [0.5, 0.6) is 0 Å². The molecule has 0 aromatic rings. The van der Waals surface area contributed by atoms with Gasteiger partial charge in [0.1, 0.15) is 9.84 Å². The van der Waals surface area contributed by atoms with Crippen molar-refractivity contribution in [2.24, 2.45) is 0 Å². The van der Waals surface area contributed by atoms with E-state index in [2.05, 4.69) is 5.32 Å². The summed E-state index contributed by atoms with van der Waals surface area (Å²) in [6, 6.07) is 0.450. The maximum Gasteiger partial charge on any atom is 0.150 e. The van der Waals surface area contributed by atoms with E-state index >= 15 is 0 Å². The number of rotatable bonds is 4. The Balaban J connectivity index is 2.25. The van der Waals surface area contributed by atoms with Gasteiger partial charge in [0.15, 0.2) is 0 Å². The highest BCUT2D eigenvalue weighted by molar-refractivity contribution is 7.91. The zero-order chi connectivity index (χ0) is 9.03. The molecule has 1 fully saturated rings. The summed E-state index contributed by atoms with van der Waals surface area (Å²) in [4.78, 5) is 0. The Morgan fingerprint density at radius 2 is 2.25 bits per heavy atom. The van der Waals surface area contributed by atoms with E-state index in [1.165, 1.54) is 6.42 Å². The average Bonchev–Trinajstić information content (AvgIpc) is 2.53. The molecule has 1 heterocycles. The van der Waals surface area contributed by atoms with Crippen LogP contribution < -0.4 is 5.32 Å². The summed E-state index contributed by atoms with van der Waals surface area (Å²) in [5.41, 5.74) is 0. The molecule has 0 aliphatic carbocycles. The van der Waals surface area contributed by atoms with Crippen LogP contribution in [0.2, 0.25) is 0 Å². The van der Waals surface area contributed by atoms with E-state index < -0.39 is 9.84 Å². The molecule has 72 valence electrons. The Bertz CT molecular complexity index is 217. The van der Waals surface area contributed by atoms with E-state index in [9.17, 15) is 8.42 Å². The molecule has 1 aliphatic rings. The quantitative estimate of drug-likeness (QED) is 0.706. The van der Waals surface area contributed by atoms with Gasteiger partial charge >= 0.3 is 0 Å². The molecule has 0 radical (unpaired) electrons. The highest BCUT2D eigenvalue weighted by atomic mass is 32.2. The van der Waals surface area contributed by atoms with Crippen molar-refractivity contribution in [2.75, 3.05) is 18.1 Å². The summed E-state index contributed by atoms with van der Waals surface area (Å²) < 4.78 is 22.3. The van der Waals surface area contributed by atoms with E-state index in [4.69, 9.17) is 0 Å². The van der Waals surface area contributed by atoms with Crippen LogP contribution >= 0.6 is 0 Å². The van der Waals surface area contributed by atoms with Crippen LogP contribution in [0.15, 0.2) is 0 Å². The monoisotopic (exact) mass is 191 g/mol. The lowest BCUT2D eigenvalue weighted by atomic mass is 10.2. The number of hydrogen-bond acceptors (Lipinski definition) is 3. The lowest BCUT2D eigenvalue weighted by Crippen LogP contribution is -2.24. The smallest absolute Gasteiger partial charge is 0.150 e. The van der Waals surface area contributed by atoms with Crippen molar-refractivity contribution in [3.8, 4) is 0 Å². The Morgan fingerprint density at radius 3 is 2.75 bits per heavy atom. The molecular formula is C8H17NO2S. The number of sulfone groups is 1. The van der Waals surface area contributed by atoms with Gasteiger partial charge in [-0.25, -0.2) is 8.42 Å². The molecule has 1 rings (SSSR count). The molecule has 0 amide bonds. The average molecular weight is 191 g/mol. The first-order valence-electron chi connectivity index (χ1n) is 4.58. The largest absolute Gasteiger partial charge is 0.314 e. The molecule has 1 unspecified atom stereocenters. The summed E-state index contributed by atoms with van der Waals surface area (Å²) in [5, 5.41) is 3.29. The summed E-state index contributed by atoms with van der Waals surface area (Å²) in [7, 11) is -2.75. The van der Waals surface area contributed by atoms with Gasteiger partial charge in [0.2, 0.25) is 0 Å². The fourth-order valence-corrected chi connectivity index (χ4v) is 2.40. The predicted octanol–water partition coefficient (Wildman–Crippen LogP) is 0.563. The Kier molecular flexibility index (Phi) is 3.53. The van der Waals surface area contributed by atoms with Crippen LogP contribution in [-0.4, -0.2) is 32.5 Å². The minimum atomic E-state index is -2.75. The third kappa shape index (κ3) is 3.11. The van der Waals surface area contributed by atoms with Crippen molar-refractivity contribution < 1.29 is 8.42 Å². The molecule has 1 atom stereocenters. The molecule has 0 aromatic carbocycles. The maximum absolute atomic E-state index is 11.1. The van der Waals surface area contributed by atoms with Gasteiger partial charge in [0.05, 0.1) is 5.75 Å². The van der Waals surface area contributed by atoms with Crippen molar-refractivity contribution in [2.45, 2.75) is 32.2 Å². The van der Waals surface area contributed by atoms with Gasteiger partial charge < -0.3 is 5.32 Å². The van der Waals surface area contributed by atoms with Crippen LogP contribution in [0.4, 0.5) is 0 Å². The van der Waals surface area contributed by atoms with Crippen molar-refractivity contribution in [1.82, 2.24) is 5.32 Å². The summed E-state index contributed by atoms with van der Waals surface area (Å²) >= 11 is 0. The Morgan fingerprint density at radius 1 is 1.50 bits per heavy atom. The zero-order valence-corrected chi connectivity index (χ0v) is 8.36. The molecule has 4 heteroatoms. The third-order valence-corrected chi connectivity index (χ3v) is 4.12. The minimum Gasteiger partial charge on any atom is -0.314 e. The standard InChI is InChI=1S/C8H17NO2S/c1-2-12(10,11)7-5-8-4-3-6-9-8/h8-9H,2-7H2,1H3. The van der Waals surface area contributed by atoms with Crippen LogP contribution in [0, 0.1) is 0 Å². The Labute approximate surface area is 74.5 Å². The van der Waals surface area contributed by atoms with Gasteiger partial charge in [-0.05, 0) is 25.8 Å². The van der Waals surface area contributed by atoms with Crippen LogP contribution in [0.25, 0.3) is 0 Å². The summed E-state index contributed by atoms with van der Waals surface area (Å²) in [6.45, 7) is 2.76. The fraction of sp³-hybridized carbons (Fsp3) is 1.00. The van der Waals surface area contributed by atoms with E-state index in [-0.39, 0.29) is 5.75 Å². The highest BCUT2D eigenvalue weighted by Crippen LogP contribution is 2.09. The van der Waals surface area contributed by atoms with Crippen LogP contribution in [0.1, 0.15) is 26.2 Å². The van der Waals surface area contributed by atoms with Crippen LogP contribution in [0.3, 0.4) is 0 Å². The first-order chi connectivity index (χ1) is 5.64. The van der Waals surface area contributed by atoms with Gasteiger partial charge in [-0.3, -0.25) is 0 Å². The minimum absolute atomic E-state index is 0.278. The van der Waals surface area contributed by atoms with E-state index in [0.29, 0.717) is 11.8 Å². The first kappa shape index (κ1) is 9.99. The van der Waals surface area contributed by atoms with Gasteiger partial charge in [-0.1, -0.05) is 6.92 Å². The summed E-state index contributed by atoms with van der Waals surface area (Å²) in [6.07, 6.45) is 3.12. The predicted molar refractivity (Wildman–Crippen MR) is 50.0 cm³/mol. The topological polar surface area (TPSA) is 46.2 Å². The second kappa shape index (κ2) is 4.23. The Hall–Kier alpha value is -0.0900. The second-order valence-corrected chi connectivity index (χ2v) is 5.79. The van der Waals surface area contributed by atoms with Crippen LogP contribution in [-0.2, 0) is 9.84 Å². The molecule has 0 aromatic heterocycles. The van der Waals surface area contributed by atoms with Gasteiger partial charge in [-0.15, -0.1) is 0 Å². The number of hydrogen-bond donors (Lipinski definition) is 1. The maximum atomic E-state index is 11.1. The molecule has 12 heavy (non-hydrogen) atoms. The van der Waals surface area contributed by atoms with E-state index in [0.717, 1.165) is 19.4 Å². The van der Waals surface area contributed by atoms with Gasteiger partial charge in [0, 0.05) is 11.8 Å². The van der Waals surface area contributed by atoms with E-state index in [1.807, 2.05) is 0 Å². The molecular weight excluding hydrogens is 174 g/mol. The lowest BCUT2D eigenvalue weighted by Gasteiger charge is -2.08. The molecule has 3 nitrogen and oxygen atoms in total. The molecule has 0 bridgehead atoms. The van der Waals surface area contributed by atoms with Gasteiger partial charge in [0.25, 0.3) is 0 Å². The molecule has 0 spiro atoms. The molecule has 0 saturated carbocycles. The lowest BCUT2D eigenvalue weighted by molar-refractivity contribution is 0.563. The van der Waals surface area contributed by atoms with Crippen molar-refractivity contribution >= 4 is 9.84 Å². The first-order valence-corrected chi connectivity index (χ1v) is 6.40.